The molecule has 0 fully saturated rings. The van der Waals surface area contributed by atoms with Gasteiger partial charge < -0.3 is 10.2 Å². The van der Waals surface area contributed by atoms with Crippen LogP contribution in [0.25, 0.3) is 0 Å². The molecule has 0 aliphatic rings. The number of nitrogens with zero attached hydrogens (tertiary/aromatic N) is 4. The van der Waals surface area contributed by atoms with Crippen LogP contribution in [0, 0.1) is 0 Å². The molecular formula is C18H27N5O. The average Bonchev–Trinajstić information content (AvgIpc) is 2.91. The quantitative estimate of drug-likeness (QED) is 0.938. The molecule has 0 radical (unpaired) electrons. The lowest BCUT2D eigenvalue weighted by Crippen LogP contribution is -2.38. The van der Waals surface area contributed by atoms with Gasteiger partial charge in [-0.25, -0.2) is 9.78 Å². The number of carbonyl (C=O) groups excluding carboxylic acids is 1. The predicted molar refractivity (Wildman–Crippen MR) is 94.6 cm³/mol. The van der Waals surface area contributed by atoms with Gasteiger partial charge in [0, 0.05) is 14.1 Å². The Bertz CT molecular complexity index is 684. The summed E-state index contributed by atoms with van der Waals surface area (Å²) in [5.41, 5.74) is 2.49. The zero-order valence-electron chi connectivity index (χ0n) is 15.4. The van der Waals surface area contributed by atoms with Gasteiger partial charge in [-0.15, -0.1) is 0 Å². The van der Waals surface area contributed by atoms with E-state index in [1.807, 2.05) is 14.0 Å². The zero-order chi connectivity index (χ0) is 17.9. The van der Waals surface area contributed by atoms with Gasteiger partial charge >= 0.3 is 6.03 Å². The average molecular weight is 329 g/mol. The molecule has 1 N–H and O–H groups in total. The van der Waals surface area contributed by atoms with Crippen molar-refractivity contribution in [1.82, 2.24) is 25.0 Å². The zero-order valence-corrected chi connectivity index (χ0v) is 15.4. The van der Waals surface area contributed by atoms with Gasteiger partial charge in [-0.3, -0.25) is 4.68 Å². The van der Waals surface area contributed by atoms with Gasteiger partial charge in [-0.2, -0.15) is 5.10 Å². The Morgan fingerprint density at radius 2 is 1.92 bits per heavy atom. The second kappa shape index (κ2) is 7.03. The van der Waals surface area contributed by atoms with Crippen molar-refractivity contribution in [2.24, 2.45) is 7.05 Å². The fourth-order valence-corrected chi connectivity index (χ4v) is 2.40. The summed E-state index contributed by atoms with van der Waals surface area (Å²) in [6.45, 7) is 8.97. The van der Waals surface area contributed by atoms with E-state index in [-0.39, 0.29) is 17.5 Å². The lowest BCUT2D eigenvalue weighted by molar-refractivity contribution is 0.202. The number of hydrogen-bond acceptors (Lipinski definition) is 3. The van der Waals surface area contributed by atoms with E-state index in [0.29, 0.717) is 6.54 Å². The van der Waals surface area contributed by atoms with Crippen LogP contribution in [0.3, 0.4) is 0 Å². The number of rotatable bonds is 4. The van der Waals surface area contributed by atoms with Crippen LogP contribution in [0.15, 0.2) is 30.6 Å². The number of aryl methyl sites for hydroxylation is 1. The summed E-state index contributed by atoms with van der Waals surface area (Å²) in [5.74, 6) is 0.745. The van der Waals surface area contributed by atoms with Crippen molar-refractivity contribution in [3.05, 3.63) is 47.5 Å². The standard InChI is InChI=1S/C18H27N5O/c1-13(14-7-9-15(10-8-14)18(2,3)4)21-17(24)22(5)11-16-19-12-20-23(16)6/h7-10,12-13H,11H2,1-6H3,(H,21,24). The minimum absolute atomic E-state index is 0.0616. The van der Waals surface area contributed by atoms with Crippen LogP contribution >= 0.6 is 0 Å². The summed E-state index contributed by atoms with van der Waals surface area (Å²) < 4.78 is 1.67. The minimum atomic E-state index is -0.134. The van der Waals surface area contributed by atoms with E-state index in [0.717, 1.165) is 11.4 Å². The lowest BCUT2D eigenvalue weighted by Gasteiger charge is -2.23. The maximum Gasteiger partial charge on any atom is 0.318 e. The van der Waals surface area contributed by atoms with E-state index in [2.05, 4.69) is 60.4 Å². The van der Waals surface area contributed by atoms with E-state index >= 15 is 0 Å². The molecule has 1 heterocycles. The van der Waals surface area contributed by atoms with E-state index in [1.54, 1.807) is 16.6 Å². The van der Waals surface area contributed by atoms with Crippen molar-refractivity contribution in [3.8, 4) is 0 Å². The Kier molecular flexibility index (Phi) is 5.26. The lowest BCUT2D eigenvalue weighted by atomic mass is 9.86. The molecule has 6 heteroatoms. The molecule has 1 atom stereocenters. The molecule has 2 aromatic rings. The van der Waals surface area contributed by atoms with Gasteiger partial charge in [0.1, 0.15) is 12.2 Å². The van der Waals surface area contributed by atoms with Crippen LogP contribution in [0.5, 0.6) is 0 Å². The highest BCUT2D eigenvalue weighted by atomic mass is 16.2. The largest absolute Gasteiger partial charge is 0.331 e. The first kappa shape index (κ1) is 18.0. The summed E-state index contributed by atoms with van der Waals surface area (Å²) in [7, 11) is 3.56. The predicted octanol–water partition coefficient (Wildman–Crippen LogP) is 3.02. The summed E-state index contributed by atoms with van der Waals surface area (Å²) in [6, 6.07) is 8.21. The van der Waals surface area contributed by atoms with Crippen molar-refractivity contribution in [2.75, 3.05) is 7.05 Å². The number of amides is 2. The number of benzene rings is 1. The van der Waals surface area contributed by atoms with Crippen LogP contribution in [0.4, 0.5) is 4.79 Å². The van der Waals surface area contributed by atoms with E-state index in [1.165, 1.54) is 11.9 Å². The Balaban J connectivity index is 1.97. The molecule has 0 saturated heterocycles. The first-order valence-corrected chi connectivity index (χ1v) is 8.13. The monoisotopic (exact) mass is 329 g/mol. The number of nitrogens with one attached hydrogen (secondary N) is 1. The maximum atomic E-state index is 12.3. The third-order valence-electron chi connectivity index (χ3n) is 4.15. The molecule has 0 bridgehead atoms. The molecule has 2 amide bonds. The van der Waals surface area contributed by atoms with Gasteiger partial charge in [0.25, 0.3) is 0 Å². The molecule has 24 heavy (non-hydrogen) atoms. The van der Waals surface area contributed by atoms with Gasteiger partial charge in [-0.1, -0.05) is 45.0 Å². The van der Waals surface area contributed by atoms with E-state index in [4.69, 9.17) is 0 Å². The van der Waals surface area contributed by atoms with Crippen LogP contribution in [-0.2, 0) is 19.0 Å². The molecule has 0 aliphatic heterocycles. The van der Waals surface area contributed by atoms with Crippen molar-refractivity contribution in [1.29, 1.82) is 0 Å². The molecule has 6 nitrogen and oxygen atoms in total. The van der Waals surface area contributed by atoms with Crippen LogP contribution < -0.4 is 5.32 Å². The van der Waals surface area contributed by atoms with Crippen molar-refractivity contribution in [3.63, 3.8) is 0 Å². The Morgan fingerprint density at radius 1 is 1.29 bits per heavy atom. The summed E-state index contributed by atoms with van der Waals surface area (Å²) in [5, 5.41) is 7.03. The number of urea groups is 1. The molecular weight excluding hydrogens is 302 g/mol. The van der Waals surface area contributed by atoms with Gasteiger partial charge in [0.05, 0.1) is 12.6 Å². The van der Waals surface area contributed by atoms with Crippen LogP contribution in [0.1, 0.15) is 50.7 Å². The van der Waals surface area contributed by atoms with Crippen molar-refractivity contribution in [2.45, 2.75) is 45.7 Å². The Morgan fingerprint density at radius 3 is 2.42 bits per heavy atom. The smallest absolute Gasteiger partial charge is 0.318 e. The van der Waals surface area contributed by atoms with Gasteiger partial charge in [0.2, 0.25) is 0 Å². The topological polar surface area (TPSA) is 63.1 Å². The van der Waals surface area contributed by atoms with E-state index in [9.17, 15) is 4.79 Å². The third-order valence-corrected chi connectivity index (χ3v) is 4.15. The molecule has 130 valence electrons. The number of hydrogen-bond donors (Lipinski definition) is 1. The molecule has 0 saturated carbocycles. The molecule has 0 spiro atoms. The molecule has 1 aromatic heterocycles. The molecule has 1 aromatic carbocycles. The fourth-order valence-electron chi connectivity index (χ4n) is 2.40. The van der Waals surface area contributed by atoms with Crippen molar-refractivity contribution < 1.29 is 4.79 Å². The number of carbonyl (C=O) groups is 1. The maximum absolute atomic E-state index is 12.3. The van der Waals surface area contributed by atoms with Crippen LogP contribution in [0.2, 0.25) is 0 Å². The SMILES string of the molecule is CC(NC(=O)N(C)Cc1ncnn1C)c1ccc(C(C)(C)C)cc1. The Labute approximate surface area is 143 Å². The van der Waals surface area contributed by atoms with Gasteiger partial charge in [-0.05, 0) is 23.5 Å². The normalized spacial score (nSPS) is 12.8. The first-order chi connectivity index (χ1) is 11.2. The molecule has 2 rings (SSSR count). The highest BCUT2D eigenvalue weighted by molar-refractivity contribution is 5.74. The van der Waals surface area contributed by atoms with Gasteiger partial charge in [0.15, 0.2) is 0 Å². The number of aromatic nitrogens is 3. The van der Waals surface area contributed by atoms with Crippen LogP contribution in [-0.4, -0.2) is 32.7 Å². The van der Waals surface area contributed by atoms with E-state index < -0.39 is 0 Å². The molecule has 0 aliphatic carbocycles. The summed E-state index contributed by atoms with van der Waals surface area (Å²) in [6.07, 6.45) is 1.49. The fraction of sp³-hybridized carbons (Fsp3) is 0.500. The minimum Gasteiger partial charge on any atom is -0.331 e. The first-order valence-electron chi connectivity index (χ1n) is 8.13. The highest BCUT2D eigenvalue weighted by Crippen LogP contribution is 2.23. The summed E-state index contributed by atoms with van der Waals surface area (Å²) in [4.78, 5) is 18.1. The highest BCUT2D eigenvalue weighted by Gasteiger charge is 2.17. The van der Waals surface area contributed by atoms with Crippen molar-refractivity contribution >= 4 is 6.03 Å². The third kappa shape index (κ3) is 4.34. The molecule has 1 unspecified atom stereocenters. The second-order valence-corrected chi connectivity index (χ2v) is 7.20. The summed E-state index contributed by atoms with van der Waals surface area (Å²) >= 11 is 0. The Hall–Kier alpha value is -2.37. The second-order valence-electron chi connectivity index (χ2n) is 7.20.